The molecule has 2 aliphatic carbocycles. The maximum absolute atomic E-state index is 12.6. The Bertz CT molecular complexity index is 654. The van der Waals surface area contributed by atoms with Crippen molar-refractivity contribution in [3.05, 3.63) is 29.8 Å². The molecule has 2 N–H and O–H groups in total. The molecule has 0 aliphatic heterocycles. The molecule has 0 spiro atoms. The first-order chi connectivity index (χ1) is 11.5. The fourth-order valence-electron chi connectivity index (χ4n) is 4.15. The van der Waals surface area contributed by atoms with Gasteiger partial charge in [-0.25, -0.2) is 4.79 Å². The minimum atomic E-state index is -0.875. The molecule has 0 saturated heterocycles. The van der Waals surface area contributed by atoms with Crippen LogP contribution in [0, 0.1) is 23.7 Å². The van der Waals surface area contributed by atoms with Crippen LogP contribution >= 0.6 is 0 Å². The molecule has 0 aromatic heterocycles. The highest BCUT2D eigenvalue weighted by Crippen LogP contribution is 2.52. The summed E-state index contributed by atoms with van der Waals surface area (Å²) in [5.74, 6) is -2.29. The lowest BCUT2D eigenvalue weighted by atomic mass is 9.78. The molecule has 3 rings (SSSR count). The van der Waals surface area contributed by atoms with Crippen LogP contribution in [0.25, 0.3) is 0 Å². The minimum absolute atomic E-state index is 0.120. The molecule has 2 saturated carbocycles. The number of carboxylic acid groups (broad SMARTS) is 1. The van der Waals surface area contributed by atoms with E-state index in [0.29, 0.717) is 17.9 Å². The molecule has 1 amide bonds. The van der Waals surface area contributed by atoms with Gasteiger partial charge in [0.2, 0.25) is 5.91 Å². The number of ether oxygens (including phenoxy) is 1. The van der Waals surface area contributed by atoms with Crippen LogP contribution in [-0.4, -0.2) is 29.6 Å². The molecule has 0 radical (unpaired) electrons. The lowest BCUT2D eigenvalue weighted by Gasteiger charge is -2.27. The van der Waals surface area contributed by atoms with Gasteiger partial charge in [-0.15, -0.1) is 0 Å². The second-order valence-corrected chi connectivity index (χ2v) is 6.51. The van der Waals surface area contributed by atoms with E-state index in [0.717, 1.165) is 19.3 Å². The molecule has 24 heavy (non-hydrogen) atoms. The van der Waals surface area contributed by atoms with Crippen LogP contribution < -0.4 is 5.32 Å². The molecule has 0 unspecified atom stereocenters. The van der Waals surface area contributed by atoms with Gasteiger partial charge in [-0.1, -0.05) is 0 Å². The van der Waals surface area contributed by atoms with E-state index in [4.69, 9.17) is 4.74 Å². The van der Waals surface area contributed by atoms with Gasteiger partial charge in [-0.05, 0) is 62.3 Å². The smallest absolute Gasteiger partial charge is 0.338 e. The molecular weight excluding hydrogens is 310 g/mol. The maximum atomic E-state index is 12.6. The summed E-state index contributed by atoms with van der Waals surface area (Å²) in [4.78, 5) is 35.7. The Morgan fingerprint density at radius 1 is 1.12 bits per heavy atom. The SMILES string of the molecule is CCOC(=O)c1ccc(NC(=O)[C@@H]2[C@@H]3CC[C@@H](C3)[C@@H]2C(=O)O)cc1. The number of amides is 1. The molecule has 6 nitrogen and oxygen atoms in total. The Labute approximate surface area is 140 Å². The van der Waals surface area contributed by atoms with E-state index in [9.17, 15) is 19.5 Å². The summed E-state index contributed by atoms with van der Waals surface area (Å²) in [5, 5.41) is 12.2. The zero-order valence-corrected chi connectivity index (χ0v) is 13.5. The van der Waals surface area contributed by atoms with Crippen molar-refractivity contribution in [1.82, 2.24) is 0 Å². The minimum Gasteiger partial charge on any atom is -0.481 e. The number of carbonyl (C=O) groups is 3. The Balaban J connectivity index is 1.68. The second-order valence-electron chi connectivity index (χ2n) is 6.51. The largest absolute Gasteiger partial charge is 0.481 e. The van der Waals surface area contributed by atoms with E-state index < -0.39 is 23.8 Å². The van der Waals surface area contributed by atoms with Crippen LogP contribution in [0.1, 0.15) is 36.5 Å². The molecule has 128 valence electrons. The standard InChI is InChI=1S/C18H21NO5/c1-2-24-18(23)10-5-7-13(8-6-10)19-16(20)14-11-3-4-12(9-11)15(14)17(21)22/h5-8,11-12,14-15H,2-4,9H2,1H3,(H,19,20)(H,21,22)/t11-,12+,14-,15+/m1/s1. The van der Waals surface area contributed by atoms with Gasteiger partial charge >= 0.3 is 11.9 Å². The van der Waals surface area contributed by atoms with Gasteiger partial charge in [0.25, 0.3) is 0 Å². The van der Waals surface area contributed by atoms with E-state index in [1.54, 1.807) is 31.2 Å². The molecule has 1 aromatic carbocycles. The first kappa shape index (κ1) is 16.5. The fraction of sp³-hybridized carbons (Fsp3) is 0.500. The molecule has 2 fully saturated rings. The van der Waals surface area contributed by atoms with Crippen LogP contribution in [0.5, 0.6) is 0 Å². The van der Waals surface area contributed by atoms with E-state index in [2.05, 4.69) is 5.32 Å². The third-order valence-corrected chi connectivity index (χ3v) is 5.17. The number of anilines is 1. The van der Waals surface area contributed by atoms with E-state index in [1.165, 1.54) is 0 Å². The van der Waals surface area contributed by atoms with Crippen molar-refractivity contribution in [1.29, 1.82) is 0 Å². The van der Waals surface area contributed by atoms with Crippen molar-refractivity contribution in [2.75, 3.05) is 11.9 Å². The van der Waals surface area contributed by atoms with Gasteiger partial charge < -0.3 is 15.2 Å². The lowest BCUT2D eigenvalue weighted by Crippen LogP contribution is -2.37. The van der Waals surface area contributed by atoms with Gasteiger partial charge in [0.1, 0.15) is 0 Å². The Hall–Kier alpha value is -2.37. The van der Waals surface area contributed by atoms with Gasteiger partial charge in [0, 0.05) is 5.69 Å². The first-order valence-electron chi connectivity index (χ1n) is 8.32. The van der Waals surface area contributed by atoms with Gasteiger partial charge in [-0.2, -0.15) is 0 Å². The third-order valence-electron chi connectivity index (χ3n) is 5.17. The van der Waals surface area contributed by atoms with Crippen molar-refractivity contribution in [2.24, 2.45) is 23.7 Å². The number of fused-ring (bicyclic) bond motifs is 2. The number of benzene rings is 1. The average Bonchev–Trinajstić information content (AvgIpc) is 3.16. The van der Waals surface area contributed by atoms with E-state index in [-0.39, 0.29) is 17.7 Å². The predicted octanol–water partition coefficient (Wildman–Crippen LogP) is 2.55. The first-order valence-corrected chi connectivity index (χ1v) is 8.32. The summed E-state index contributed by atoms with van der Waals surface area (Å²) < 4.78 is 4.91. The quantitative estimate of drug-likeness (QED) is 0.809. The average molecular weight is 331 g/mol. The number of carbonyl (C=O) groups excluding carboxylic acids is 2. The van der Waals surface area contributed by atoms with Crippen molar-refractivity contribution in [3.8, 4) is 0 Å². The summed E-state index contributed by atoms with van der Waals surface area (Å²) in [6, 6.07) is 6.44. The number of hydrogen-bond donors (Lipinski definition) is 2. The predicted molar refractivity (Wildman–Crippen MR) is 86.5 cm³/mol. The normalized spacial score (nSPS) is 27.7. The molecule has 0 heterocycles. The molecule has 2 aliphatic rings. The van der Waals surface area contributed by atoms with Gasteiger partial charge in [0.15, 0.2) is 0 Å². The van der Waals surface area contributed by atoms with Gasteiger partial charge in [-0.3, -0.25) is 9.59 Å². The number of carboxylic acids is 1. The van der Waals surface area contributed by atoms with Crippen LogP contribution in [0.2, 0.25) is 0 Å². The Morgan fingerprint density at radius 2 is 1.75 bits per heavy atom. The van der Waals surface area contributed by atoms with Crippen LogP contribution in [0.15, 0.2) is 24.3 Å². The highest BCUT2D eigenvalue weighted by molar-refractivity contribution is 5.96. The van der Waals surface area contributed by atoms with Crippen LogP contribution in [-0.2, 0) is 14.3 Å². The number of hydrogen-bond acceptors (Lipinski definition) is 4. The van der Waals surface area contributed by atoms with Gasteiger partial charge in [0.05, 0.1) is 24.0 Å². The van der Waals surface area contributed by atoms with Crippen LogP contribution in [0.3, 0.4) is 0 Å². The van der Waals surface area contributed by atoms with Crippen molar-refractivity contribution >= 4 is 23.5 Å². The molecular formula is C18H21NO5. The van der Waals surface area contributed by atoms with Crippen molar-refractivity contribution in [2.45, 2.75) is 26.2 Å². The topological polar surface area (TPSA) is 92.7 Å². The zero-order chi connectivity index (χ0) is 17.3. The lowest BCUT2D eigenvalue weighted by molar-refractivity contribution is -0.148. The molecule has 4 atom stereocenters. The summed E-state index contributed by atoms with van der Waals surface area (Å²) in [6.45, 7) is 2.04. The van der Waals surface area contributed by atoms with Crippen molar-refractivity contribution in [3.63, 3.8) is 0 Å². The number of esters is 1. The van der Waals surface area contributed by atoms with E-state index in [1.807, 2.05) is 0 Å². The summed E-state index contributed by atoms with van der Waals surface area (Å²) in [5.41, 5.74) is 0.971. The highest BCUT2D eigenvalue weighted by atomic mass is 16.5. The van der Waals surface area contributed by atoms with Crippen LogP contribution in [0.4, 0.5) is 5.69 Å². The summed E-state index contributed by atoms with van der Waals surface area (Å²) in [7, 11) is 0. The second kappa shape index (κ2) is 6.63. The molecule has 6 heteroatoms. The fourth-order valence-corrected chi connectivity index (χ4v) is 4.15. The summed E-state index contributed by atoms with van der Waals surface area (Å²) >= 11 is 0. The number of nitrogens with one attached hydrogen (secondary N) is 1. The molecule has 2 bridgehead atoms. The number of rotatable bonds is 5. The molecule has 1 aromatic rings. The van der Waals surface area contributed by atoms with E-state index >= 15 is 0 Å². The van der Waals surface area contributed by atoms with Crippen molar-refractivity contribution < 1.29 is 24.2 Å². The number of aliphatic carboxylic acids is 1. The zero-order valence-electron chi connectivity index (χ0n) is 13.5. The Morgan fingerprint density at radius 3 is 2.33 bits per heavy atom. The maximum Gasteiger partial charge on any atom is 0.338 e. The third kappa shape index (κ3) is 3.00. The highest BCUT2D eigenvalue weighted by Gasteiger charge is 2.53. The monoisotopic (exact) mass is 331 g/mol. The Kier molecular flexibility index (Phi) is 4.55. The summed E-state index contributed by atoms with van der Waals surface area (Å²) in [6.07, 6.45) is 2.66.